The molecule has 0 unspecified atom stereocenters. The Morgan fingerprint density at radius 2 is 2.10 bits per heavy atom. The number of rotatable bonds is 4. The number of nitrogens with zero attached hydrogens (tertiary/aromatic N) is 2. The van der Waals surface area contributed by atoms with Crippen LogP contribution in [0.4, 0.5) is 0 Å². The van der Waals surface area contributed by atoms with Crippen LogP contribution in [0, 0.1) is 0 Å². The fourth-order valence-corrected chi connectivity index (χ4v) is 2.74. The molecule has 0 atom stereocenters. The van der Waals surface area contributed by atoms with E-state index in [0.29, 0.717) is 10.8 Å². The van der Waals surface area contributed by atoms with Gasteiger partial charge in [-0.2, -0.15) is 0 Å². The third-order valence-corrected chi connectivity index (χ3v) is 3.80. The Bertz CT molecular complexity index is 737. The van der Waals surface area contributed by atoms with Gasteiger partial charge in [0.1, 0.15) is 10.9 Å². The Morgan fingerprint density at radius 1 is 1.25 bits per heavy atom. The molecule has 20 heavy (non-hydrogen) atoms. The number of imidazole rings is 1. The van der Waals surface area contributed by atoms with Crippen LogP contribution in [0.5, 0.6) is 0 Å². The summed E-state index contributed by atoms with van der Waals surface area (Å²) >= 11 is 1.36. The monoisotopic (exact) mass is 285 g/mol. The minimum Gasteiger partial charge on any atom is -0.478 e. The van der Waals surface area contributed by atoms with E-state index in [0.717, 1.165) is 16.9 Å². The van der Waals surface area contributed by atoms with E-state index in [-0.39, 0.29) is 5.56 Å². The van der Waals surface area contributed by atoms with Gasteiger partial charge in [0.05, 0.1) is 22.3 Å². The van der Waals surface area contributed by atoms with Crippen molar-refractivity contribution in [2.45, 2.75) is 10.8 Å². The van der Waals surface area contributed by atoms with E-state index in [1.165, 1.54) is 11.8 Å². The normalized spacial score (nSPS) is 10.8. The smallest absolute Gasteiger partial charge is 0.338 e. The van der Waals surface area contributed by atoms with E-state index >= 15 is 0 Å². The van der Waals surface area contributed by atoms with Crippen molar-refractivity contribution in [2.24, 2.45) is 0 Å². The predicted octanol–water partition coefficient (Wildman–Crippen LogP) is 2.95. The molecule has 3 aromatic rings. The SMILES string of the molecule is O=C(O)c1cccnc1SCc1nc2ccccc2[nH]1. The molecule has 100 valence electrons. The van der Waals surface area contributed by atoms with Crippen LogP contribution < -0.4 is 0 Å². The number of aromatic nitrogens is 3. The maximum atomic E-state index is 11.1. The Labute approximate surface area is 119 Å². The van der Waals surface area contributed by atoms with E-state index < -0.39 is 5.97 Å². The Hall–Kier alpha value is -2.34. The molecule has 0 aliphatic carbocycles. The van der Waals surface area contributed by atoms with E-state index in [1.54, 1.807) is 18.3 Å². The molecule has 0 spiro atoms. The number of pyridine rings is 1. The van der Waals surface area contributed by atoms with Crippen LogP contribution in [0.3, 0.4) is 0 Å². The number of hydrogen-bond acceptors (Lipinski definition) is 4. The Kier molecular flexibility index (Phi) is 3.39. The summed E-state index contributed by atoms with van der Waals surface area (Å²) in [6.45, 7) is 0. The number of H-pyrrole nitrogens is 1. The van der Waals surface area contributed by atoms with Crippen molar-refractivity contribution in [1.29, 1.82) is 0 Å². The molecule has 5 nitrogen and oxygen atoms in total. The highest BCUT2D eigenvalue weighted by Crippen LogP contribution is 2.24. The van der Waals surface area contributed by atoms with Crippen LogP contribution in [0.25, 0.3) is 11.0 Å². The zero-order valence-corrected chi connectivity index (χ0v) is 11.2. The summed E-state index contributed by atoms with van der Waals surface area (Å²) in [5.74, 6) is 0.384. The third kappa shape index (κ3) is 2.50. The van der Waals surface area contributed by atoms with Gasteiger partial charge in [0.15, 0.2) is 0 Å². The average molecular weight is 285 g/mol. The van der Waals surface area contributed by atoms with Crippen molar-refractivity contribution >= 4 is 28.8 Å². The topological polar surface area (TPSA) is 78.9 Å². The van der Waals surface area contributed by atoms with Crippen molar-refractivity contribution in [3.05, 3.63) is 54.0 Å². The highest BCUT2D eigenvalue weighted by atomic mass is 32.2. The minimum atomic E-state index is -0.967. The van der Waals surface area contributed by atoms with E-state index in [4.69, 9.17) is 5.11 Å². The van der Waals surface area contributed by atoms with Crippen molar-refractivity contribution in [3.63, 3.8) is 0 Å². The predicted molar refractivity (Wildman–Crippen MR) is 76.9 cm³/mol. The number of carboxylic acids is 1. The van der Waals surface area contributed by atoms with Gasteiger partial charge in [-0.05, 0) is 24.3 Å². The standard InChI is InChI=1S/C14H11N3O2S/c18-14(19)9-4-3-7-15-13(9)20-8-12-16-10-5-1-2-6-11(10)17-12/h1-7H,8H2,(H,16,17)(H,18,19). The second kappa shape index (κ2) is 5.34. The fraction of sp³-hybridized carbons (Fsp3) is 0.0714. The second-order valence-electron chi connectivity index (χ2n) is 4.15. The lowest BCUT2D eigenvalue weighted by atomic mass is 10.3. The first-order valence-corrected chi connectivity index (χ1v) is 6.97. The van der Waals surface area contributed by atoms with Gasteiger partial charge in [-0.1, -0.05) is 23.9 Å². The summed E-state index contributed by atoms with van der Waals surface area (Å²) in [4.78, 5) is 22.9. The molecule has 0 saturated heterocycles. The van der Waals surface area contributed by atoms with E-state index in [1.807, 2.05) is 24.3 Å². The maximum absolute atomic E-state index is 11.1. The number of carbonyl (C=O) groups is 1. The highest BCUT2D eigenvalue weighted by Gasteiger charge is 2.12. The van der Waals surface area contributed by atoms with Crippen LogP contribution in [0.15, 0.2) is 47.6 Å². The van der Waals surface area contributed by atoms with Crippen molar-refractivity contribution < 1.29 is 9.90 Å². The van der Waals surface area contributed by atoms with Gasteiger partial charge < -0.3 is 10.1 Å². The van der Waals surface area contributed by atoms with Gasteiger partial charge in [-0.25, -0.2) is 14.8 Å². The molecule has 0 saturated carbocycles. The van der Waals surface area contributed by atoms with Crippen molar-refractivity contribution in [1.82, 2.24) is 15.0 Å². The van der Waals surface area contributed by atoms with Gasteiger partial charge in [0, 0.05) is 6.20 Å². The van der Waals surface area contributed by atoms with Crippen LogP contribution in [-0.4, -0.2) is 26.0 Å². The number of thioether (sulfide) groups is 1. The van der Waals surface area contributed by atoms with Gasteiger partial charge in [-0.15, -0.1) is 0 Å². The number of hydrogen-bond donors (Lipinski definition) is 2. The van der Waals surface area contributed by atoms with Crippen LogP contribution in [0.1, 0.15) is 16.2 Å². The lowest BCUT2D eigenvalue weighted by Gasteiger charge is -2.02. The van der Waals surface area contributed by atoms with Crippen LogP contribution >= 0.6 is 11.8 Å². The first-order chi connectivity index (χ1) is 9.74. The number of benzene rings is 1. The molecule has 6 heteroatoms. The summed E-state index contributed by atoms with van der Waals surface area (Å²) in [7, 11) is 0. The summed E-state index contributed by atoms with van der Waals surface area (Å²) < 4.78 is 0. The number of aromatic carboxylic acids is 1. The number of fused-ring (bicyclic) bond motifs is 1. The molecule has 2 aromatic heterocycles. The molecule has 3 rings (SSSR count). The lowest BCUT2D eigenvalue weighted by Crippen LogP contribution is -2.00. The Morgan fingerprint density at radius 3 is 2.90 bits per heavy atom. The minimum absolute atomic E-state index is 0.216. The molecule has 2 N–H and O–H groups in total. The molecule has 2 heterocycles. The largest absolute Gasteiger partial charge is 0.478 e. The van der Waals surface area contributed by atoms with Crippen LogP contribution in [-0.2, 0) is 5.75 Å². The summed E-state index contributed by atoms with van der Waals surface area (Å²) in [5, 5.41) is 9.60. The lowest BCUT2D eigenvalue weighted by molar-refractivity contribution is 0.0692. The highest BCUT2D eigenvalue weighted by molar-refractivity contribution is 7.98. The molecule has 0 fully saturated rings. The maximum Gasteiger partial charge on any atom is 0.338 e. The Balaban J connectivity index is 1.81. The molecule has 1 aromatic carbocycles. The quantitative estimate of drug-likeness (QED) is 0.720. The van der Waals surface area contributed by atoms with Gasteiger partial charge in [0.25, 0.3) is 0 Å². The first-order valence-electron chi connectivity index (χ1n) is 5.99. The van der Waals surface area contributed by atoms with Crippen molar-refractivity contribution in [3.8, 4) is 0 Å². The first kappa shape index (κ1) is 12.7. The van der Waals surface area contributed by atoms with Gasteiger partial charge in [0.2, 0.25) is 0 Å². The van der Waals surface area contributed by atoms with Crippen molar-refractivity contribution in [2.75, 3.05) is 0 Å². The molecule has 0 amide bonds. The van der Waals surface area contributed by atoms with Gasteiger partial charge >= 0.3 is 5.97 Å². The fourth-order valence-electron chi connectivity index (χ4n) is 1.88. The molecule has 0 bridgehead atoms. The van der Waals surface area contributed by atoms with Gasteiger partial charge in [-0.3, -0.25) is 0 Å². The second-order valence-corrected chi connectivity index (χ2v) is 5.11. The summed E-state index contributed by atoms with van der Waals surface area (Å²) in [6.07, 6.45) is 1.59. The summed E-state index contributed by atoms with van der Waals surface area (Å²) in [5.41, 5.74) is 2.10. The summed E-state index contributed by atoms with van der Waals surface area (Å²) in [6, 6.07) is 10.9. The zero-order chi connectivity index (χ0) is 13.9. The number of para-hydroxylation sites is 2. The zero-order valence-electron chi connectivity index (χ0n) is 10.4. The molecule has 0 aliphatic heterocycles. The van der Waals surface area contributed by atoms with Crippen LogP contribution in [0.2, 0.25) is 0 Å². The molecular weight excluding hydrogens is 274 g/mol. The molecule has 0 aliphatic rings. The van der Waals surface area contributed by atoms with E-state index in [2.05, 4.69) is 15.0 Å². The molecular formula is C14H11N3O2S. The van der Waals surface area contributed by atoms with E-state index in [9.17, 15) is 4.79 Å². The number of carboxylic acid groups (broad SMARTS) is 1. The number of nitrogens with one attached hydrogen (secondary N) is 1. The average Bonchev–Trinajstić information content (AvgIpc) is 2.88. The third-order valence-electron chi connectivity index (χ3n) is 2.79. The molecule has 0 radical (unpaired) electrons. The number of aromatic amines is 1.